The van der Waals surface area contributed by atoms with Crippen LogP contribution in [0.5, 0.6) is 0 Å². The van der Waals surface area contributed by atoms with Crippen molar-refractivity contribution in [3.8, 4) is 0 Å². The number of aromatic nitrogens is 4. The lowest BCUT2D eigenvalue weighted by Crippen LogP contribution is -2.73. The van der Waals surface area contributed by atoms with E-state index in [1.54, 1.807) is 6.92 Å². The van der Waals surface area contributed by atoms with E-state index in [0.29, 0.717) is 25.2 Å². The number of oxime groups is 1. The summed E-state index contributed by atoms with van der Waals surface area (Å²) in [5.74, 6) is -3.31. The van der Waals surface area contributed by atoms with E-state index in [9.17, 15) is 32.5 Å². The number of aliphatic imine (C=N–C) groups is 1. The van der Waals surface area contributed by atoms with Crippen LogP contribution in [-0.2, 0) is 36.1 Å². The Morgan fingerprint density at radius 1 is 1.37 bits per heavy atom. The zero-order chi connectivity index (χ0) is 31.5. The Hall–Kier alpha value is -4.41. The number of amides is 2. The van der Waals surface area contributed by atoms with Crippen LogP contribution in [0.1, 0.15) is 43.6 Å². The Bertz CT molecular complexity index is 1550. The maximum atomic E-state index is 13.2. The van der Waals surface area contributed by atoms with Crippen molar-refractivity contribution in [3.63, 3.8) is 0 Å². The molecule has 2 amide bonds. The Morgan fingerprint density at radius 3 is 2.67 bits per heavy atom. The maximum Gasteiger partial charge on any atom is 0.362 e. The van der Waals surface area contributed by atoms with E-state index in [1.807, 2.05) is 0 Å². The number of guanidine groups is 1. The SMILES string of the molecule is CC(NC(N)=NCCCN)c1cnn(C[C@@H]2[C@H](NC(=O)/C(=N/OC3(C(=O)O)CC3)c3csc(N)n3)C(=O)N2S(=O)(=O)O)n1. The van der Waals surface area contributed by atoms with Crippen LogP contribution < -0.4 is 27.8 Å². The summed E-state index contributed by atoms with van der Waals surface area (Å²) in [5, 5.41) is 28.1. The highest BCUT2D eigenvalue weighted by Crippen LogP contribution is 2.40. The first-order chi connectivity index (χ1) is 20.3. The zero-order valence-electron chi connectivity index (χ0n) is 22.7. The number of rotatable bonds is 14. The van der Waals surface area contributed by atoms with Crippen molar-refractivity contribution in [1.82, 2.24) is 34.9 Å². The number of nitrogens with two attached hydrogens (primary N) is 3. The van der Waals surface area contributed by atoms with Crippen molar-refractivity contribution in [1.29, 1.82) is 0 Å². The summed E-state index contributed by atoms with van der Waals surface area (Å²) in [5.41, 5.74) is 15.2. The number of β-lactam (4-membered cyclic amide) rings is 1. The van der Waals surface area contributed by atoms with Crippen molar-refractivity contribution in [2.45, 2.75) is 56.5 Å². The number of nitrogens with zero attached hydrogens (tertiary/aromatic N) is 7. The number of nitrogens with one attached hydrogen (secondary N) is 2. The van der Waals surface area contributed by atoms with E-state index in [-0.39, 0.29) is 40.5 Å². The van der Waals surface area contributed by atoms with Gasteiger partial charge in [0.1, 0.15) is 23.5 Å². The van der Waals surface area contributed by atoms with E-state index in [0.717, 1.165) is 16.1 Å². The molecule has 0 radical (unpaired) electrons. The number of carboxylic acids is 1. The minimum absolute atomic E-state index is 0.0675. The van der Waals surface area contributed by atoms with Gasteiger partial charge in [-0.1, -0.05) is 5.16 Å². The average Bonchev–Trinajstić information content (AvgIpc) is 3.36. The molecule has 10 N–H and O–H groups in total. The molecule has 3 heterocycles. The lowest BCUT2D eigenvalue weighted by atomic mass is 9.98. The Morgan fingerprint density at radius 2 is 2.09 bits per heavy atom. The summed E-state index contributed by atoms with van der Waals surface area (Å²) >= 11 is 0.965. The van der Waals surface area contributed by atoms with Crippen LogP contribution in [-0.4, -0.2) is 103 Å². The molecule has 0 spiro atoms. The molecule has 43 heavy (non-hydrogen) atoms. The monoisotopic (exact) mass is 642 g/mol. The quantitative estimate of drug-likeness (QED) is 0.0273. The molecule has 2 aromatic rings. The van der Waals surface area contributed by atoms with Crippen molar-refractivity contribution < 1.29 is 37.3 Å². The molecule has 22 heteroatoms. The molecule has 234 valence electrons. The Kier molecular flexibility index (Phi) is 9.12. The highest BCUT2D eigenvalue weighted by atomic mass is 32.2. The van der Waals surface area contributed by atoms with Crippen molar-refractivity contribution in [3.05, 3.63) is 23.0 Å². The summed E-state index contributed by atoms with van der Waals surface area (Å²) in [6.07, 6.45) is 2.35. The van der Waals surface area contributed by atoms with Gasteiger partial charge in [0.2, 0.25) is 5.60 Å². The molecule has 1 aliphatic heterocycles. The molecule has 4 rings (SSSR count). The second kappa shape index (κ2) is 12.4. The standard InChI is InChI=1S/C21H30N12O8S2/c1-10(27-19(23)25-6-2-5-22)11-7-26-32(30-11)8-13-15(17(35)33(13)43(38,39)40)29-16(34)14(12-9-42-20(24)28-12)31-41-21(3-4-21)18(36)37/h7,9-10,13,15H,2-6,8,22H2,1H3,(H2,24,28)(H,29,34)(H,36,37)(H3,23,25,27)(H,38,39,40)/b31-14+/t10?,13-,15+/m1/s1. The molecule has 1 unspecified atom stereocenters. The number of aliphatic carboxylic acids is 1. The second-order valence-electron chi connectivity index (χ2n) is 9.63. The molecule has 1 saturated heterocycles. The Balaban J connectivity index is 1.51. The van der Waals surface area contributed by atoms with E-state index >= 15 is 0 Å². The van der Waals surface area contributed by atoms with Crippen LogP contribution in [0, 0.1) is 0 Å². The van der Waals surface area contributed by atoms with Gasteiger partial charge in [-0.15, -0.1) is 11.3 Å². The van der Waals surface area contributed by atoms with Crippen molar-refractivity contribution in [2.75, 3.05) is 18.8 Å². The molecule has 2 aromatic heterocycles. The molecular formula is C21H30N12O8S2. The third-order valence-electron chi connectivity index (χ3n) is 6.45. The number of thiazole rings is 1. The van der Waals surface area contributed by atoms with Crippen LogP contribution in [0.3, 0.4) is 0 Å². The van der Waals surface area contributed by atoms with Crippen LogP contribution >= 0.6 is 11.3 Å². The molecule has 2 aliphatic rings. The minimum Gasteiger partial charge on any atom is -0.478 e. The summed E-state index contributed by atoms with van der Waals surface area (Å²) in [7, 11) is -5.03. The predicted molar refractivity (Wildman–Crippen MR) is 150 cm³/mol. The molecule has 3 atom stereocenters. The van der Waals surface area contributed by atoms with Gasteiger partial charge in [-0.2, -0.15) is 23.4 Å². The van der Waals surface area contributed by atoms with Gasteiger partial charge in [-0.25, -0.2) is 14.1 Å². The minimum atomic E-state index is -5.03. The summed E-state index contributed by atoms with van der Waals surface area (Å²) in [6.45, 7) is 2.25. The summed E-state index contributed by atoms with van der Waals surface area (Å²) < 4.78 is 33.8. The smallest absolute Gasteiger partial charge is 0.362 e. The summed E-state index contributed by atoms with van der Waals surface area (Å²) in [6, 6.07) is -3.30. The summed E-state index contributed by atoms with van der Waals surface area (Å²) in [4.78, 5) is 51.8. The first kappa shape index (κ1) is 31.5. The maximum absolute atomic E-state index is 13.2. The highest BCUT2D eigenvalue weighted by molar-refractivity contribution is 7.84. The van der Waals surface area contributed by atoms with Gasteiger partial charge in [0.05, 0.1) is 18.8 Å². The number of hydrogen-bond donors (Lipinski definition) is 7. The number of carbonyl (C=O) groups excluding carboxylic acids is 2. The lowest BCUT2D eigenvalue weighted by Gasteiger charge is -2.43. The third-order valence-corrected chi connectivity index (χ3v) is 8.07. The van der Waals surface area contributed by atoms with Gasteiger partial charge >= 0.3 is 16.3 Å². The number of carboxylic acid groups (broad SMARTS) is 1. The van der Waals surface area contributed by atoms with Crippen LogP contribution in [0.15, 0.2) is 21.7 Å². The molecule has 0 aromatic carbocycles. The second-order valence-corrected chi connectivity index (χ2v) is 11.8. The van der Waals surface area contributed by atoms with Crippen LogP contribution in [0.4, 0.5) is 5.13 Å². The highest BCUT2D eigenvalue weighted by Gasteiger charge is 2.56. The third kappa shape index (κ3) is 7.15. The van der Waals surface area contributed by atoms with Crippen LogP contribution in [0.2, 0.25) is 0 Å². The van der Waals surface area contributed by atoms with E-state index < -0.39 is 57.5 Å². The van der Waals surface area contributed by atoms with E-state index in [1.165, 1.54) is 11.6 Å². The van der Waals surface area contributed by atoms with Crippen molar-refractivity contribution >= 4 is 56.2 Å². The van der Waals surface area contributed by atoms with Gasteiger partial charge in [0, 0.05) is 24.8 Å². The van der Waals surface area contributed by atoms with Gasteiger partial charge in [0.15, 0.2) is 16.8 Å². The molecule has 20 nitrogen and oxygen atoms in total. The fraction of sp³-hybridized carbons (Fsp3) is 0.524. The number of hydrogen-bond acceptors (Lipinski definition) is 14. The molecule has 1 aliphatic carbocycles. The molecule has 2 fully saturated rings. The van der Waals surface area contributed by atoms with Gasteiger partial charge in [-0.05, 0) is 19.9 Å². The van der Waals surface area contributed by atoms with Crippen molar-refractivity contribution in [2.24, 2.45) is 21.6 Å². The van der Waals surface area contributed by atoms with E-state index in [2.05, 4.69) is 36.0 Å². The van der Waals surface area contributed by atoms with Crippen LogP contribution in [0.25, 0.3) is 0 Å². The Labute approximate surface area is 248 Å². The lowest BCUT2D eigenvalue weighted by molar-refractivity contribution is -0.153. The predicted octanol–water partition coefficient (Wildman–Crippen LogP) is -2.83. The average molecular weight is 643 g/mol. The largest absolute Gasteiger partial charge is 0.478 e. The fourth-order valence-corrected chi connectivity index (χ4v) is 5.36. The van der Waals surface area contributed by atoms with Gasteiger partial charge in [-0.3, -0.25) is 19.1 Å². The molecular weight excluding hydrogens is 612 g/mol. The van der Waals surface area contributed by atoms with Gasteiger partial charge < -0.3 is 37.8 Å². The topological polar surface area (TPSA) is 309 Å². The molecule has 0 bridgehead atoms. The zero-order valence-corrected chi connectivity index (χ0v) is 24.3. The normalized spacial score (nSPS) is 20.7. The van der Waals surface area contributed by atoms with Gasteiger partial charge in [0.25, 0.3) is 11.8 Å². The number of anilines is 1. The number of nitrogen functional groups attached to an aromatic ring is 1. The fourth-order valence-electron chi connectivity index (χ4n) is 3.94. The first-order valence-corrected chi connectivity index (χ1v) is 15.0. The number of carbonyl (C=O) groups is 3. The van der Waals surface area contributed by atoms with E-state index in [4.69, 9.17) is 22.0 Å². The molecule has 1 saturated carbocycles. The first-order valence-electron chi connectivity index (χ1n) is 12.7.